The maximum Gasteiger partial charge on any atom is 0.166 e. The number of hydrogen-bond acceptors (Lipinski definition) is 5. The van der Waals surface area contributed by atoms with E-state index in [1.54, 1.807) is 11.0 Å². The van der Waals surface area contributed by atoms with Gasteiger partial charge < -0.3 is 4.57 Å². The summed E-state index contributed by atoms with van der Waals surface area (Å²) in [6, 6.07) is 6.09. The van der Waals surface area contributed by atoms with E-state index >= 15 is 0 Å². The Hall–Kier alpha value is -1.46. The molecule has 0 aliphatic carbocycles. The van der Waals surface area contributed by atoms with Crippen LogP contribution in [0.15, 0.2) is 24.5 Å². The third-order valence-electron chi connectivity index (χ3n) is 3.94. The maximum atomic E-state index is 11.6. The predicted molar refractivity (Wildman–Crippen MR) is 105 cm³/mol. The number of fused-ring (bicyclic) bond motifs is 5. The minimum atomic E-state index is -3.19. The van der Waals surface area contributed by atoms with E-state index < -0.39 is 9.84 Å². The van der Waals surface area contributed by atoms with Crippen molar-refractivity contribution >= 4 is 44.8 Å². The molecule has 0 spiro atoms. The first-order valence-electron chi connectivity index (χ1n) is 7.26. The van der Waals surface area contributed by atoms with Crippen LogP contribution in [-0.2, 0) is 22.1 Å². The van der Waals surface area contributed by atoms with Crippen molar-refractivity contribution in [2.75, 3.05) is 6.26 Å². The molecular formula is C15H15ClIN5O2S. The van der Waals surface area contributed by atoms with E-state index in [1.165, 1.54) is 6.26 Å². The van der Waals surface area contributed by atoms with Crippen LogP contribution in [0.3, 0.4) is 0 Å². The molecule has 3 aromatic rings. The van der Waals surface area contributed by atoms with Crippen LogP contribution in [0.4, 0.5) is 0 Å². The molecular weight excluding hydrogens is 477 g/mol. The molecule has 0 radical (unpaired) electrons. The lowest BCUT2D eigenvalue weighted by Crippen LogP contribution is -2.07. The van der Waals surface area contributed by atoms with Crippen LogP contribution in [-0.4, -0.2) is 39.0 Å². The molecule has 0 bridgehead atoms. The molecule has 1 aromatic carbocycles. The standard InChI is InChI=1S/C15H14IN5O2S.ClH/c1-9-13-6-21-15(18-14(19-21)7-24(2,22)23)11-5-10(16)3-4-12(11)20(13)8-17-9;/h3-5,8H,6-7H2,1-2H3;1H. The fourth-order valence-corrected chi connectivity index (χ4v) is 3.98. The lowest BCUT2D eigenvalue weighted by Gasteiger charge is -2.08. The summed E-state index contributed by atoms with van der Waals surface area (Å²) in [5, 5.41) is 4.43. The van der Waals surface area contributed by atoms with Crippen molar-refractivity contribution in [2.45, 2.75) is 19.2 Å². The van der Waals surface area contributed by atoms with Crippen LogP contribution < -0.4 is 0 Å². The van der Waals surface area contributed by atoms with Crippen molar-refractivity contribution in [3.63, 3.8) is 0 Å². The van der Waals surface area contributed by atoms with E-state index in [0.29, 0.717) is 18.2 Å². The average Bonchev–Trinajstić information content (AvgIpc) is 2.99. The van der Waals surface area contributed by atoms with Gasteiger partial charge in [0.2, 0.25) is 0 Å². The summed E-state index contributed by atoms with van der Waals surface area (Å²) in [6.45, 7) is 2.46. The molecule has 10 heteroatoms. The lowest BCUT2D eigenvalue weighted by molar-refractivity contribution is 0.598. The molecule has 2 aromatic heterocycles. The second-order valence-corrected chi connectivity index (χ2v) is 9.27. The van der Waals surface area contributed by atoms with E-state index in [0.717, 1.165) is 26.2 Å². The molecule has 4 rings (SSSR count). The zero-order valence-corrected chi connectivity index (χ0v) is 17.3. The Kier molecular flexibility index (Phi) is 4.67. The van der Waals surface area contributed by atoms with Crippen LogP contribution in [0.2, 0.25) is 0 Å². The Bertz CT molecular complexity index is 1070. The number of halogens is 2. The van der Waals surface area contributed by atoms with E-state index in [9.17, 15) is 8.42 Å². The van der Waals surface area contributed by atoms with Gasteiger partial charge in [0.25, 0.3) is 0 Å². The van der Waals surface area contributed by atoms with Gasteiger partial charge in [0.1, 0.15) is 5.75 Å². The number of benzene rings is 1. The van der Waals surface area contributed by atoms with Crippen molar-refractivity contribution in [2.24, 2.45) is 0 Å². The zero-order valence-electron chi connectivity index (χ0n) is 13.5. The molecule has 0 saturated heterocycles. The van der Waals surface area contributed by atoms with Gasteiger partial charge in [-0.3, -0.25) is 0 Å². The van der Waals surface area contributed by atoms with Crippen LogP contribution in [0.5, 0.6) is 0 Å². The molecule has 0 N–H and O–H groups in total. The number of nitrogens with zero attached hydrogens (tertiary/aromatic N) is 5. The molecule has 1 aliphatic heterocycles. The first-order chi connectivity index (χ1) is 11.3. The van der Waals surface area contributed by atoms with Gasteiger partial charge >= 0.3 is 0 Å². The highest BCUT2D eigenvalue weighted by Gasteiger charge is 2.24. The number of aryl methyl sites for hydroxylation is 1. The number of sulfone groups is 1. The SMILES string of the molecule is Cc1ncn2c1Cn1nc(CS(C)(=O)=O)nc1-c1cc(I)ccc1-2.Cl. The Morgan fingerprint density at radius 3 is 2.80 bits per heavy atom. The van der Waals surface area contributed by atoms with Crippen molar-refractivity contribution in [3.8, 4) is 17.1 Å². The van der Waals surface area contributed by atoms with Gasteiger partial charge in [0.05, 0.1) is 29.9 Å². The highest BCUT2D eigenvalue weighted by atomic mass is 127. The Morgan fingerprint density at radius 2 is 2.08 bits per heavy atom. The van der Waals surface area contributed by atoms with E-state index in [4.69, 9.17) is 0 Å². The van der Waals surface area contributed by atoms with Gasteiger partial charge in [-0.15, -0.1) is 12.4 Å². The molecule has 1 aliphatic rings. The van der Waals surface area contributed by atoms with Gasteiger partial charge in [-0.1, -0.05) is 0 Å². The lowest BCUT2D eigenvalue weighted by atomic mass is 10.1. The Labute approximate surface area is 165 Å². The summed E-state index contributed by atoms with van der Waals surface area (Å²) in [5.41, 5.74) is 3.84. The highest BCUT2D eigenvalue weighted by molar-refractivity contribution is 14.1. The predicted octanol–water partition coefficient (Wildman–Crippen LogP) is 2.37. The van der Waals surface area contributed by atoms with Gasteiger partial charge in [-0.05, 0) is 47.7 Å². The quantitative estimate of drug-likeness (QED) is 0.402. The molecule has 0 amide bonds. The second-order valence-electron chi connectivity index (χ2n) is 5.89. The molecule has 25 heavy (non-hydrogen) atoms. The fourth-order valence-electron chi connectivity index (χ4n) is 2.89. The van der Waals surface area contributed by atoms with Gasteiger partial charge in [-0.25, -0.2) is 23.1 Å². The minimum Gasteiger partial charge on any atom is -0.300 e. The van der Waals surface area contributed by atoms with Crippen molar-refractivity contribution < 1.29 is 8.42 Å². The van der Waals surface area contributed by atoms with Crippen LogP contribution in [0, 0.1) is 10.5 Å². The first-order valence-corrected chi connectivity index (χ1v) is 10.4. The van der Waals surface area contributed by atoms with E-state index in [-0.39, 0.29) is 18.2 Å². The summed E-state index contributed by atoms with van der Waals surface area (Å²) >= 11 is 2.25. The summed E-state index contributed by atoms with van der Waals surface area (Å²) in [6.07, 6.45) is 3.00. The molecule has 7 nitrogen and oxygen atoms in total. The van der Waals surface area contributed by atoms with E-state index in [2.05, 4.69) is 37.7 Å². The molecule has 0 unspecified atom stereocenters. The van der Waals surface area contributed by atoms with Gasteiger partial charge in [0, 0.05) is 15.4 Å². The number of imidazole rings is 1. The van der Waals surface area contributed by atoms with Crippen LogP contribution in [0.1, 0.15) is 17.2 Å². The largest absolute Gasteiger partial charge is 0.300 e. The van der Waals surface area contributed by atoms with E-state index in [1.807, 2.05) is 29.7 Å². The second kappa shape index (κ2) is 6.36. The van der Waals surface area contributed by atoms with Crippen molar-refractivity contribution in [1.29, 1.82) is 0 Å². The summed E-state index contributed by atoms with van der Waals surface area (Å²) < 4.78 is 28.1. The number of rotatable bonds is 2. The van der Waals surface area contributed by atoms with Crippen LogP contribution in [0.25, 0.3) is 17.1 Å². The molecule has 0 atom stereocenters. The third kappa shape index (κ3) is 3.32. The van der Waals surface area contributed by atoms with Crippen LogP contribution >= 0.6 is 35.0 Å². The average molecular weight is 492 g/mol. The summed E-state index contributed by atoms with van der Waals surface area (Å²) in [7, 11) is -3.19. The van der Waals surface area contributed by atoms with Gasteiger partial charge in [0.15, 0.2) is 21.5 Å². The summed E-state index contributed by atoms with van der Waals surface area (Å²) in [5.74, 6) is 0.845. The topological polar surface area (TPSA) is 82.7 Å². The highest BCUT2D eigenvalue weighted by Crippen LogP contribution is 2.32. The Morgan fingerprint density at radius 1 is 1.32 bits per heavy atom. The van der Waals surface area contributed by atoms with Crippen molar-refractivity contribution in [1.82, 2.24) is 24.3 Å². The first kappa shape index (κ1) is 18.3. The normalized spacial score (nSPS) is 12.6. The van der Waals surface area contributed by atoms with Gasteiger partial charge in [-0.2, -0.15) is 5.10 Å². The molecule has 132 valence electrons. The number of hydrogen-bond donors (Lipinski definition) is 0. The maximum absolute atomic E-state index is 11.6. The monoisotopic (exact) mass is 491 g/mol. The summed E-state index contributed by atoms with van der Waals surface area (Å²) in [4.78, 5) is 8.91. The smallest absolute Gasteiger partial charge is 0.166 e. The van der Waals surface area contributed by atoms with Crippen molar-refractivity contribution in [3.05, 3.63) is 45.3 Å². The zero-order chi connectivity index (χ0) is 17.1. The number of aromatic nitrogens is 5. The molecule has 0 fully saturated rings. The minimum absolute atomic E-state index is 0. The molecule has 3 heterocycles. The Balaban J connectivity index is 0.00000182. The third-order valence-corrected chi connectivity index (χ3v) is 5.39. The fraction of sp³-hybridized carbons (Fsp3) is 0.267. The molecule has 0 saturated carbocycles.